The van der Waals surface area contributed by atoms with E-state index in [1.54, 1.807) is 0 Å². The molecule has 0 unspecified atom stereocenters. The number of unbranched alkanes of at least 4 members (excludes halogenated alkanes) is 35. The summed E-state index contributed by atoms with van der Waals surface area (Å²) in [5, 5.41) is 8.65. The first-order valence-corrected chi connectivity index (χ1v) is 21.8. The topological polar surface area (TPSA) is 37.3 Å². The fourth-order valence-corrected chi connectivity index (χ4v) is 6.89. The number of hydrogen-bond donors (Lipinski definition) is 1. The zero-order valence-corrected chi connectivity index (χ0v) is 32.2. The van der Waals surface area contributed by atoms with Gasteiger partial charge in [-0.3, -0.25) is 4.79 Å². The molecule has 47 heavy (non-hydrogen) atoms. The molecular weight excluding hydrogens is 572 g/mol. The number of aliphatic carboxylic acids is 1. The molecule has 0 spiro atoms. The van der Waals surface area contributed by atoms with Gasteiger partial charge in [0, 0.05) is 6.42 Å². The van der Waals surface area contributed by atoms with Crippen LogP contribution in [0.5, 0.6) is 0 Å². The van der Waals surface area contributed by atoms with Gasteiger partial charge in [-0.1, -0.05) is 224 Å². The van der Waals surface area contributed by atoms with Crippen molar-refractivity contribution in [3.05, 3.63) is 24.3 Å². The molecule has 0 rings (SSSR count). The third kappa shape index (κ3) is 44.9. The summed E-state index contributed by atoms with van der Waals surface area (Å²) >= 11 is 0. The molecule has 0 aromatic rings. The van der Waals surface area contributed by atoms with Gasteiger partial charge in [0.1, 0.15) is 0 Å². The third-order valence-electron chi connectivity index (χ3n) is 10.1. The van der Waals surface area contributed by atoms with Crippen LogP contribution in [0.2, 0.25) is 0 Å². The molecule has 0 aromatic carbocycles. The molecule has 0 atom stereocenters. The van der Waals surface area contributed by atoms with Crippen LogP contribution in [0.25, 0.3) is 0 Å². The van der Waals surface area contributed by atoms with Crippen molar-refractivity contribution >= 4 is 5.97 Å². The molecular formula is C45H86O2. The van der Waals surface area contributed by atoms with E-state index in [0.717, 1.165) is 12.8 Å². The molecule has 0 saturated carbocycles. The Balaban J connectivity index is 3.09. The van der Waals surface area contributed by atoms with Crippen LogP contribution in [-0.4, -0.2) is 11.1 Å². The van der Waals surface area contributed by atoms with E-state index in [-0.39, 0.29) is 0 Å². The minimum atomic E-state index is -0.648. The second-order valence-electron chi connectivity index (χ2n) is 14.9. The zero-order valence-electron chi connectivity index (χ0n) is 32.2. The smallest absolute Gasteiger partial charge is 0.303 e. The standard InChI is InChI=1S/C45H86O2/c1-2-3-4-5-6-7-8-9-10-11-12-13-14-15-16-17-18-19-20-21-22-23-24-25-26-27-28-29-30-31-32-33-34-35-36-37-38-39-40-41-42-43-44-45(46)47/h3-4,14-15H,2,5-13,16-44H2,1H3,(H,46,47)/b4-3-,15-14-. The predicted octanol–water partition coefficient (Wildman–Crippen LogP) is 16.4. The molecule has 0 amide bonds. The molecule has 278 valence electrons. The number of carbonyl (C=O) groups is 1. The summed E-state index contributed by atoms with van der Waals surface area (Å²) in [6.07, 6.45) is 62.5. The summed E-state index contributed by atoms with van der Waals surface area (Å²) in [5.41, 5.74) is 0. The molecule has 0 aliphatic rings. The number of carboxylic acids is 1. The normalized spacial score (nSPS) is 11.9. The van der Waals surface area contributed by atoms with Crippen LogP contribution >= 0.6 is 0 Å². The highest BCUT2D eigenvalue weighted by Gasteiger charge is 1.98. The van der Waals surface area contributed by atoms with E-state index in [2.05, 4.69) is 31.2 Å². The van der Waals surface area contributed by atoms with Crippen LogP contribution in [0, 0.1) is 0 Å². The number of rotatable bonds is 41. The molecule has 0 fully saturated rings. The van der Waals surface area contributed by atoms with E-state index in [4.69, 9.17) is 5.11 Å². The highest BCUT2D eigenvalue weighted by molar-refractivity contribution is 5.66. The van der Waals surface area contributed by atoms with Crippen molar-refractivity contribution in [1.29, 1.82) is 0 Å². The highest BCUT2D eigenvalue weighted by Crippen LogP contribution is 2.17. The van der Waals surface area contributed by atoms with E-state index in [9.17, 15) is 4.79 Å². The molecule has 0 bridgehead atoms. The Kier molecular flexibility index (Phi) is 42.0. The Morgan fingerprint density at radius 3 is 0.723 bits per heavy atom. The maximum atomic E-state index is 10.5. The lowest BCUT2D eigenvalue weighted by molar-refractivity contribution is -0.137. The average molecular weight is 659 g/mol. The minimum Gasteiger partial charge on any atom is -0.481 e. The Labute approximate surface area is 296 Å². The summed E-state index contributed by atoms with van der Waals surface area (Å²) in [5.74, 6) is -0.648. The van der Waals surface area contributed by atoms with Gasteiger partial charge in [0.15, 0.2) is 0 Å². The second kappa shape index (κ2) is 43.0. The van der Waals surface area contributed by atoms with E-state index in [1.165, 1.54) is 231 Å². The van der Waals surface area contributed by atoms with Crippen molar-refractivity contribution in [2.75, 3.05) is 0 Å². The number of allylic oxidation sites excluding steroid dienone is 4. The maximum Gasteiger partial charge on any atom is 0.303 e. The van der Waals surface area contributed by atoms with Crippen molar-refractivity contribution in [1.82, 2.24) is 0 Å². The largest absolute Gasteiger partial charge is 0.481 e. The summed E-state index contributed by atoms with van der Waals surface area (Å²) in [4.78, 5) is 10.5. The molecule has 0 heterocycles. The van der Waals surface area contributed by atoms with Crippen LogP contribution in [0.1, 0.15) is 257 Å². The van der Waals surface area contributed by atoms with Crippen LogP contribution in [0.3, 0.4) is 0 Å². The maximum absolute atomic E-state index is 10.5. The molecule has 0 aromatic heterocycles. The molecule has 2 heteroatoms. The van der Waals surface area contributed by atoms with Crippen LogP contribution in [0.15, 0.2) is 24.3 Å². The SMILES string of the molecule is CC/C=C\CCCCCCCCC/C=C\CCCCCCCCCCCCCCCCCCCCCCCCCCCCCC(=O)O. The lowest BCUT2D eigenvalue weighted by Gasteiger charge is -2.04. The molecule has 0 aliphatic carbocycles. The number of carboxylic acid groups (broad SMARTS) is 1. The van der Waals surface area contributed by atoms with E-state index in [1.807, 2.05) is 0 Å². The van der Waals surface area contributed by atoms with Crippen LogP contribution < -0.4 is 0 Å². The molecule has 2 nitrogen and oxygen atoms in total. The van der Waals surface area contributed by atoms with Gasteiger partial charge >= 0.3 is 5.97 Å². The monoisotopic (exact) mass is 659 g/mol. The molecule has 1 N–H and O–H groups in total. The zero-order chi connectivity index (χ0) is 34.0. The van der Waals surface area contributed by atoms with E-state index >= 15 is 0 Å². The summed E-state index contributed by atoms with van der Waals surface area (Å²) in [7, 11) is 0. The molecule has 0 aliphatic heterocycles. The van der Waals surface area contributed by atoms with Gasteiger partial charge in [0.25, 0.3) is 0 Å². The van der Waals surface area contributed by atoms with Crippen LogP contribution in [0.4, 0.5) is 0 Å². The van der Waals surface area contributed by atoms with Crippen molar-refractivity contribution in [3.63, 3.8) is 0 Å². The first-order valence-electron chi connectivity index (χ1n) is 21.8. The lowest BCUT2D eigenvalue weighted by atomic mass is 10.0. The van der Waals surface area contributed by atoms with E-state index in [0.29, 0.717) is 6.42 Å². The average Bonchev–Trinajstić information content (AvgIpc) is 3.07. The quantitative estimate of drug-likeness (QED) is 0.0524. The first kappa shape index (κ1) is 46.0. The Morgan fingerprint density at radius 2 is 0.511 bits per heavy atom. The highest BCUT2D eigenvalue weighted by atomic mass is 16.4. The van der Waals surface area contributed by atoms with Crippen molar-refractivity contribution in [2.24, 2.45) is 0 Å². The van der Waals surface area contributed by atoms with Gasteiger partial charge < -0.3 is 5.11 Å². The van der Waals surface area contributed by atoms with Gasteiger partial charge in [-0.2, -0.15) is 0 Å². The fourth-order valence-electron chi connectivity index (χ4n) is 6.89. The summed E-state index contributed by atoms with van der Waals surface area (Å²) < 4.78 is 0. The number of hydrogen-bond acceptors (Lipinski definition) is 1. The van der Waals surface area contributed by atoms with E-state index < -0.39 is 5.97 Å². The first-order chi connectivity index (χ1) is 23.3. The Hall–Kier alpha value is -1.05. The van der Waals surface area contributed by atoms with Crippen molar-refractivity contribution in [2.45, 2.75) is 257 Å². The lowest BCUT2D eigenvalue weighted by Crippen LogP contribution is -1.93. The second-order valence-corrected chi connectivity index (χ2v) is 14.9. The van der Waals surface area contributed by atoms with Gasteiger partial charge in [-0.25, -0.2) is 0 Å². The Bertz CT molecular complexity index is 636. The fraction of sp³-hybridized carbons (Fsp3) is 0.889. The van der Waals surface area contributed by atoms with Gasteiger partial charge in [0.2, 0.25) is 0 Å². The van der Waals surface area contributed by atoms with Crippen LogP contribution in [-0.2, 0) is 4.79 Å². The predicted molar refractivity (Wildman–Crippen MR) is 212 cm³/mol. The third-order valence-corrected chi connectivity index (χ3v) is 10.1. The summed E-state index contributed by atoms with van der Waals surface area (Å²) in [6.45, 7) is 2.22. The minimum absolute atomic E-state index is 0.345. The molecule has 0 radical (unpaired) electrons. The van der Waals surface area contributed by atoms with Gasteiger partial charge in [0.05, 0.1) is 0 Å². The summed E-state index contributed by atoms with van der Waals surface area (Å²) in [6, 6.07) is 0. The molecule has 0 saturated heterocycles. The van der Waals surface area contributed by atoms with Gasteiger partial charge in [-0.05, 0) is 51.4 Å². The Morgan fingerprint density at radius 1 is 0.319 bits per heavy atom. The van der Waals surface area contributed by atoms with Gasteiger partial charge in [-0.15, -0.1) is 0 Å². The van der Waals surface area contributed by atoms with Crippen molar-refractivity contribution < 1.29 is 9.90 Å². The van der Waals surface area contributed by atoms with Crippen molar-refractivity contribution in [3.8, 4) is 0 Å².